The molecule has 0 atom stereocenters. The summed E-state index contributed by atoms with van der Waals surface area (Å²) in [7, 11) is 0. The molecule has 1 rings (SSSR count). The van der Waals surface area contributed by atoms with Crippen LogP contribution in [0.2, 0.25) is 0 Å². The molecule has 0 radical (unpaired) electrons. The number of nitrogens with zero attached hydrogens (tertiary/aromatic N) is 1. The quantitative estimate of drug-likeness (QED) is 0.744. The minimum Gasteiger partial charge on any atom is -0.481 e. The zero-order valence-electron chi connectivity index (χ0n) is 9.02. The average molecular weight is 213 g/mol. The normalized spacial score (nSPS) is 13.1. The summed E-state index contributed by atoms with van der Waals surface area (Å²) in [6, 6.07) is 0. The summed E-state index contributed by atoms with van der Waals surface area (Å²) >= 11 is 0. The maximum atomic E-state index is 10.4. The van der Waals surface area contributed by atoms with Crippen molar-refractivity contribution in [2.75, 3.05) is 0 Å². The van der Waals surface area contributed by atoms with Crippen molar-refractivity contribution in [2.24, 2.45) is 10.9 Å². The molecule has 0 fully saturated rings. The van der Waals surface area contributed by atoms with Crippen LogP contribution in [0.5, 0.6) is 0 Å². The molecule has 15 heavy (non-hydrogen) atoms. The predicted molar refractivity (Wildman–Crippen MR) is 55.9 cm³/mol. The Morgan fingerprint density at radius 1 is 1.40 bits per heavy atom. The zero-order valence-corrected chi connectivity index (χ0v) is 9.02. The van der Waals surface area contributed by atoms with Crippen molar-refractivity contribution in [1.29, 1.82) is 0 Å². The van der Waals surface area contributed by atoms with E-state index in [0.29, 0.717) is 5.92 Å². The first-order valence-electron chi connectivity index (χ1n) is 4.54. The summed E-state index contributed by atoms with van der Waals surface area (Å²) in [5.74, 6) is -1.26. The van der Waals surface area contributed by atoms with E-state index in [2.05, 4.69) is 18.8 Å². The Bertz CT molecular complexity index is 311. The standard InChI is InChI=1S/C8H11NO2.C2H4O2/c1-5(2)3-6-4-9-7(6)8(10)11;1-2(3)4/h4-5H,3H2,1-2H3,(H,10,11);1H3,(H,3,4). The topological polar surface area (TPSA) is 87.0 Å². The highest BCUT2D eigenvalue weighted by Gasteiger charge is 2.21. The van der Waals surface area contributed by atoms with Gasteiger partial charge in [-0.15, -0.1) is 0 Å². The van der Waals surface area contributed by atoms with Crippen LogP contribution in [-0.2, 0) is 9.59 Å². The van der Waals surface area contributed by atoms with Crippen LogP contribution in [0.4, 0.5) is 0 Å². The van der Waals surface area contributed by atoms with Gasteiger partial charge in [-0.25, -0.2) is 9.79 Å². The van der Waals surface area contributed by atoms with Crippen LogP contribution in [0, 0.1) is 5.92 Å². The van der Waals surface area contributed by atoms with E-state index >= 15 is 0 Å². The molecular formula is C10H15NO4. The first-order chi connectivity index (χ1) is 6.84. The van der Waals surface area contributed by atoms with Crippen molar-refractivity contribution in [3.63, 3.8) is 0 Å². The van der Waals surface area contributed by atoms with Gasteiger partial charge in [0.1, 0.15) is 0 Å². The second kappa shape index (κ2) is 5.95. The molecule has 84 valence electrons. The van der Waals surface area contributed by atoms with E-state index in [1.54, 1.807) is 6.20 Å². The molecular weight excluding hydrogens is 198 g/mol. The number of aliphatic imine (C=N–C) groups is 1. The van der Waals surface area contributed by atoms with Crippen molar-refractivity contribution < 1.29 is 19.8 Å². The Balaban J connectivity index is 0.000000423. The van der Waals surface area contributed by atoms with Crippen LogP contribution in [0.15, 0.2) is 16.8 Å². The van der Waals surface area contributed by atoms with Crippen LogP contribution in [0.25, 0.3) is 0 Å². The Morgan fingerprint density at radius 2 is 1.87 bits per heavy atom. The molecule has 2 N–H and O–H groups in total. The van der Waals surface area contributed by atoms with E-state index < -0.39 is 11.9 Å². The summed E-state index contributed by atoms with van der Waals surface area (Å²) in [4.78, 5) is 23.1. The Kier molecular flexibility index (Phi) is 5.30. The molecule has 1 aliphatic rings. The predicted octanol–water partition coefficient (Wildman–Crippen LogP) is 1.55. The zero-order chi connectivity index (χ0) is 12.0. The lowest BCUT2D eigenvalue weighted by atomic mass is 9.97. The van der Waals surface area contributed by atoms with E-state index in [1.807, 2.05) is 0 Å². The summed E-state index contributed by atoms with van der Waals surface area (Å²) < 4.78 is 0. The highest BCUT2D eigenvalue weighted by molar-refractivity contribution is 6.44. The molecule has 0 unspecified atom stereocenters. The maximum Gasteiger partial charge on any atom is 0.354 e. The van der Waals surface area contributed by atoms with Crippen LogP contribution in [0.3, 0.4) is 0 Å². The first-order valence-corrected chi connectivity index (χ1v) is 4.54. The van der Waals surface area contributed by atoms with Gasteiger partial charge in [-0.2, -0.15) is 0 Å². The third-order valence-corrected chi connectivity index (χ3v) is 1.48. The molecule has 5 heteroatoms. The molecule has 0 spiro atoms. The van der Waals surface area contributed by atoms with Gasteiger partial charge in [0.15, 0.2) is 5.71 Å². The minimum atomic E-state index is -0.914. The maximum absolute atomic E-state index is 10.4. The lowest BCUT2D eigenvalue weighted by Crippen LogP contribution is -2.21. The monoisotopic (exact) mass is 213 g/mol. The molecule has 1 heterocycles. The molecule has 0 saturated carbocycles. The number of hydrogen-bond donors (Lipinski definition) is 2. The highest BCUT2D eigenvalue weighted by Crippen LogP contribution is 2.18. The fourth-order valence-corrected chi connectivity index (χ4v) is 1.00. The lowest BCUT2D eigenvalue weighted by molar-refractivity contribution is -0.134. The van der Waals surface area contributed by atoms with Gasteiger partial charge >= 0.3 is 5.97 Å². The average Bonchev–Trinajstić information content (AvgIpc) is 1.95. The Hall–Kier alpha value is -1.65. The van der Waals surface area contributed by atoms with E-state index in [0.717, 1.165) is 18.9 Å². The van der Waals surface area contributed by atoms with Gasteiger partial charge in [0, 0.05) is 18.7 Å². The third-order valence-electron chi connectivity index (χ3n) is 1.48. The van der Waals surface area contributed by atoms with Crippen molar-refractivity contribution in [1.82, 2.24) is 0 Å². The van der Waals surface area contributed by atoms with Crippen LogP contribution >= 0.6 is 0 Å². The van der Waals surface area contributed by atoms with Crippen molar-refractivity contribution in [2.45, 2.75) is 27.2 Å². The molecule has 0 aliphatic carbocycles. The smallest absolute Gasteiger partial charge is 0.354 e. The van der Waals surface area contributed by atoms with Crippen molar-refractivity contribution >= 4 is 17.7 Å². The van der Waals surface area contributed by atoms with Gasteiger partial charge in [-0.1, -0.05) is 13.8 Å². The second-order valence-corrected chi connectivity index (χ2v) is 3.55. The fraction of sp³-hybridized carbons (Fsp3) is 0.500. The van der Waals surface area contributed by atoms with E-state index in [1.165, 1.54) is 0 Å². The SMILES string of the molecule is CC(=O)O.CC(C)CC1=CN=C1C(=O)O. The molecule has 0 amide bonds. The van der Waals surface area contributed by atoms with Gasteiger partial charge in [0.2, 0.25) is 0 Å². The highest BCUT2D eigenvalue weighted by atomic mass is 16.4. The van der Waals surface area contributed by atoms with Crippen molar-refractivity contribution in [3.05, 3.63) is 11.8 Å². The number of carbonyl (C=O) groups is 2. The molecule has 0 aromatic heterocycles. The third kappa shape index (κ3) is 5.61. The van der Waals surface area contributed by atoms with Gasteiger partial charge in [-0.05, 0) is 12.3 Å². The summed E-state index contributed by atoms with van der Waals surface area (Å²) in [6.45, 7) is 5.19. The van der Waals surface area contributed by atoms with E-state index in [9.17, 15) is 4.79 Å². The number of hydrogen-bond acceptors (Lipinski definition) is 3. The summed E-state index contributed by atoms with van der Waals surface area (Å²) in [5.41, 5.74) is 1.10. The molecule has 0 aromatic carbocycles. The van der Waals surface area contributed by atoms with Crippen LogP contribution in [0.1, 0.15) is 27.2 Å². The molecule has 0 aromatic rings. The summed E-state index contributed by atoms with van der Waals surface area (Å²) in [6.07, 6.45) is 2.44. The van der Waals surface area contributed by atoms with Gasteiger partial charge in [-0.3, -0.25) is 4.79 Å². The van der Waals surface area contributed by atoms with Crippen LogP contribution in [-0.4, -0.2) is 27.9 Å². The Labute approximate surface area is 88.1 Å². The Morgan fingerprint density at radius 3 is 2.07 bits per heavy atom. The number of aliphatic carboxylic acids is 2. The minimum absolute atomic E-state index is 0.235. The first kappa shape index (κ1) is 13.4. The van der Waals surface area contributed by atoms with Crippen LogP contribution < -0.4 is 0 Å². The molecule has 1 aliphatic heterocycles. The second-order valence-electron chi connectivity index (χ2n) is 3.55. The lowest BCUT2D eigenvalue weighted by Gasteiger charge is -2.13. The largest absolute Gasteiger partial charge is 0.481 e. The van der Waals surface area contributed by atoms with E-state index in [-0.39, 0.29) is 5.71 Å². The van der Waals surface area contributed by atoms with Gasteiger partial charge in [0.05, 0.1) is 0 Å². The van der Waals surface area contributed by atoms with Crippen molar-refractivity contribution in [3.8, 4) is 0 Å². The molecule has 0 saturated heterocycles. The number of carboxylic acids is 2. The molecule has 5 nitrogen and oxygen atoms in total. The molecule has 0 bridgehead atoms. The number of carboxylic acid groups (broad SMARTS) is 2. The summed E-state index contributed by atoms with van der Waals surface area (Å²) in [5, 5.41) is 16.0. The van der Waals surface area contributed by atoms with Gasteiger partial charge in [0.25, 0.3) is 5.97 Å². The van der Waals surface area contributed by atoms with Gasteiger partial charge < -0.3 is 10.2 Å². The van der Waals surface area contributed by atoms with E-state index in [4.69, 9.17) is 15.0 Å². The number of rotatable bonds is 3. The fourth-order valence-electron chi connectivity index (χ4n) is 1.00.